The maximum absolute atomic E-state index is 12.1. The SMILES string of the molecule is COC(=O)c1cc(OC)c(OC)cc1NC(=O)c1cnsn1. The highest BCUT2D eigenvalue weighted by atomic mass is 32.1. The number of nitrogens with zero attached hydrogens (tertiary/aromatic N) is 2. The molecule has 1 heterocycles. The summed E-state index contributed by atoms with van der Waals surface area (Å²) in [5.41, 5.74) is 0.509. The zero-order chi connectivity index (χ0) is 16.1. The molecule has 2 aromatic rings. The number of benzene rings is 1. The highest BCUT2D eigenvalue weighted by Crippen LogP contribution is 2.33. The van der Waals surface area contributed by atoms with Crippen LogP contribution in [0.4, 0.5) is 5.69 Å². The van der Waals surface area contributed by atoms with Crippen LogP contribution in [0.2, 0.25) is 0 Å². The molecule has 1 N–H and O–H groups in total. The molecule has 116 valence electrons. The third kappa shape index (κ3) is 3.14. The summed E-state index contributed by atoms with van der Waals surface area (Å²) in [6.45, 7) is 0. The predicted octanol–water partition coefficient (Wildman–Crippen LogP) is 1.59. The van der Waals surface area contributed by atoms with E-state index in [9.17, 15) is 9.59 Å². The Labute approximate surface area is 130 Å². The normalized spacial score (nSPS) is 9.95. The van der Waals surface area contributed by atoms with E-state index in [0.717, 1.165) is 11.7 Å². The van der Waals surface area contributed by atoms with Crippen LogP contribution in [-0.2, 0) is 4.74 Å². The monoisotopic (exact) mass is 323 g/mol. The van der Waals surface area contributed by atoms with Crippen molar-refractivity contribution in [2.75, 3.05) is 26.6 Å². The fraction of sp³-hybridized carbons (Fsp3) is 0.231. The van der Waals surface area contributed by atoms with E-state index >= 15 is 0 Å². The Kier molecular flexibility index (Phi) is 4.89. The van der Waals surface area contributed by atoms with Gasteiger partial charge in [0.2, 0.25) is 0 Å². The number of hydrogen-bond acceptors (Lipinski definition) is 8. The quantitative estimate of drug-likeness (QED) is 0.834. The fourth-order valence-electron chi connectivity index (χ4n) is 1.71. The Balaban J connectivity index is 2.43. The molecular weight excluding hydrogens is 310 g/mol. The van der Waals surface area contributed by atoms with Gasteiger partial charge in [-0.15, -0.1) is 0 Å². The lowest BCUT2D eigenvalue weighted by atomic mass is 10.1. The van der Waals surface area contributed by atoms with Gasteiger partial charge in [0.05, 0.1) is 50.5 Å². The molecule has 8 nitrogen and oxygen atoms in total. The molecule has 9 heteroatoms. The molecule has 0 saturated heterocycles. The van der Waals surface area contributed by atoms with Crippen molar-refractivity contribution in [3.8, 4) is 11.5 Å². The lowest BCUT2D eigenvalue weighted by Crippen LogP contribution is -2.16. The van der Waals surface area contributed by atoms with Crippen LogP contribution < -0.4 is 14.8 Å². The van der Waals surface area contributed by atoms with Gasteiger partial charge in [0.15, 0.2) is 17.2 Å². The van der Waals surface area contributed by atoms with Crippen LogP contribution in [0.1, 0.15) is 20.8 Å². The number of ether oxygens (including phenoxy) is 3. The van der Waals surface area contributed by atoms with Gasteiger partial charge in [-0.1, -0.05) is 0 Å². The van der Waals surface area contributed by atoms with Gasteiger partial charge in [0, 0.05) is 12.1 Å². The first kappa shape index (κ1) is 15.7. The molecule has 0 saturated carbocycles. The molecule has 0 spiro atoms. The van der Waals surface area contributed by atoms with Gasteiger partial charge in [-0.3, -0.25) is 4.79 Å². The molecule has 2 rings (SSSR count). The van der Waals surface area contributed by atoms with Crippen LogP contribution in [0.15, 0.2) is 18.3 Å². The molecule has 0 aliphatic carbocycles. The second-order valence-corrected chi connectivity index (χ2v) is 4.55. The average Bonchev–Trinajstić information content (AvgIpc) is 3.08. The summed E-state index contributed by atoms with van der Waals surface area (Å²) in [5, 5.41) is 2.58. The number of nitrogens with one attached hydrogen (secondary N) is 1. The molecular formula is C13H13N3O5S. The number of carbonyl (C=O) groups excluding carboxylic acids is 2. The van der Waals surface area contributed by atoms with E-state index in [0.29, 0.717) is 11.5 Å². The number of esters is 1. The van der Waals surface area contributed by atoms with Gasteiger partial charge in [0.25, 0.3) is 5.91 Å². The summed E-state index contributed by atoms with van der Waals surface area (Å²) in [7, 11) is 4.14. The first-order valence-electron chi connectivity index (χ1n) is 6.04. The summed E-state index contributed by atoms with van der Waals surface area (Å²) in [5.74, 6) is -0.406. The van der Waals surface area contributed by atoms with Gasteiger partial charge in [-0.2, -0.15) is 8.75 Å². The van der Waals surface area contributed by atoms with Crippen LogP contribution in [0, 0.1) is 0 Å². The Morgan fingerprint density at radius 3 is 2.36 bits per heavy atom. The minimum Gasteiger partial charge on any atom is -0.493 e. The smallest absolute Gasteiger partial charge is 0.340 e. The van der Waals surface area contributed by atoms with E-state index < -0.39 is 11.9 Å². The maximum Gasteiger partial charge on any atom is 0.340 e. The standard InChI is InChI=1S/C13H13N3O5S/c1-19-10-4-7(13(18)21-3)8(5-11(10)20-2)15-12(17)9-6-14-22-16-9/h4-6H,1-3H3,(H,15,17). The summed E-state index contributed by atoms with van der Waals surface area (Å²) >= 11 is 0.910. The Morgan fingerprint density at radius 2 is 1.82 bits per heavy atom. The molecule has 0 aliphatic rings. The van der Waals surface area contributed by atoms with Crippen molar-refractivity contribution in [3.05, 3.63) is 29.6 Å². The van der Waals surface area contributed by atoms with Crippen molar-refractivity contribution in [1.29, 1.82) is 0 Å². The lowest BCUT2D eigenvalue weighted by Gasteiger charge is -2.14. The van der Waals surface area contributed by atoms with Crippen LogP contribution in [0.3, 0.4) is 0 Å². The summed E-state index contributed by atoms with van der Waals surface area (Å²) < 4.78 is 22.6. The number of methoxy groups -OCH3 is 3. The van der Waals surface area contributed by atoms with Crippen molar-refractivity contribution in [3.63, 3.8) is 0 Å². The molecule has 0 atom stereocenters. The average molecular weight is 323 g/mol. The molecule has 1 aromatic heterocycles. The van der Waals surface area contributed by atoms with Crippen molar-refractivity contribution in [2.45, 2.75) is 0 Å². The van der Waals surface area contributed by atoms with Gasteiger partial charge in [0.1, 0.15) is 0 Å². The van der Waals surface area contributed by atoms with Crippen LogP contribution in [-0.4, -0.2) is 42.0 Å². The van der Waals surface area contributed by atoms with Gasteiger partial charge < -0.3 is 19.5 Å². The summed E-state index contributed by atoms with van der Waals surface area (Å²) in [6, 6.07) is 2.91. The molecule has 0 fully saturated rings. The third-order valence-corrected chi connectivity index (χ3v) is 3.25. The Morgan fingerprint density at radius 1 is 1.14 bits per heavy atom. The van der Waals surface area contributed by atoms with E-state index in [1.54, 1.807) is 0 Å². The highest BCUT2D eigenvalue weighted by Gasteiger charge is 2.20. The van der Waals surface area contributed by atoms with E-state index in [2.05, 4.69) is 14.1 Å². The second-order valence-electron chi connectivity index (χ2n) is 3.99. The van der Waals surface area contributed by atoms with E-state index in [-0.39, 0.29) is 16.9 Å². The zero-order valence-electron chi connectivity index (χ0n) is 12.1. The van der Waals surface area contributed by atoms with E-state index in [4.69, 9.17) is 14.2 Å². The lowest BCUT2D eigenvalue weighted by molar-refractivity contribution is 0.0601. The van der Waals surface area contributed by atoms with Crippen LogP contribution in [0.5, 0.6) is 11.5 Å². The second kappa shape index (κ2) is 6.85. The number of aromatic nitrogens is 2. The maximum atomic E-state index is 12.1. The van der Waals surface area contributed by atoms with Crippen molar-refractivity contribution in [2.24, 2.45) is 0 Å². The van der Waals surface area contributed by atoms with Gasteiger partial charge in [-0.05, 0) is 0 Å². The van der Waals surface area contributed by atoms with E-state index in [1.165, 1.54) is 39.7 Å². The van der Waals surface area contributed by atoms with Crippen LogP contribution in [0.25, 0.3) is 0 Å². The Hall–Kier alpha value is -2.68. The first-order chi connectivity index (χ1) is 10.6. The predicted molar refractivity (Wildman–Crippen MR) is 78.7 cm³/mol. The first-order valence-corrected chi connectivity index (χ1v) is 6.77. The minimum absolute atomic E-state index is 0.136. The Bertz CT molecular complexity index is 687. The number of hydrogen-bond donors (Lipinski definition) is 1. The molecule has 0 radical (unpaired) electrons. The number of anilines is 1. The van der Waals surface area contributed by atoms with Crippen LogP contribution >= 0.6 is 11.7 Å². The summed E-state index contributed by atoms with van der Waals surface area (Å²) in [4.78, 5) is 23.9. The summed E-state index contributed by atoms with van der Waals surface area (Å²) in [6.07, 6.45) is 1.33. The number of amides is 1. The molecule has 1 amide bonds. The molecule has 22 heavy (non-hydrogen) atoms. The van der Waals surface area contributed by atoms with E-state index in [1.807, 2.05) is 0 Å². The molecule has 1 aromatic carbocycles. The fourth-order valence-corrected chi connectivity index (χ4v) is 2.12. The third-order valence-electron chi connectivity index (χ3n) is 2.77. The van der Waals surface area contributed by atoms with Gasteiger partial charge in [-0.25, -0.2) is 4.79 Å². The largest absolute Gasteiger partial charge is 0.493 e. The minimum atomic E-state index is -0.618. The van der Waals surface area contributed by atoms with Crippen molar-refractivity contribution < 1.29 is 23.8 Å². The highest BCUT2D eigenvalue weighted by molar-refractivity contribution is 6.99. The topological polar surface area (TPSA) is 99.6 Å². The number of carbonyl (C=O) groups is 2. The number of rotatable bonds is 5. The van der Waals surface area contributed by atoms with Gasteiger partial charge >= 0.3 is 5.97 Å². The molecule has 0 aliphatic heterocycles. The van der Waals surface area contributed by atoms with Crippen molar-refractivity contribution in [1.82, 2.24) is 8.75 Å². The van der Waals surface area contributed by atoms with Crippen molar-refractivity contribution >= 4 is 29.3 Å². The molecule has 0 bridgehead atoms. The molecule has 0 unspecified atom stereocenters. The zero-order valence-corrected chi connectivity index (χ0v) is 12.9.